The van der Waals surface area contributed by atoms with Crippen LogP contribution in [0.3, 0.4) is 0 Å². The summed E-state index contributed by atoms with van der Waals surface area (Å²) in [6, 6.07) is 9.42. The maximum Gasteiger partial charge on any atom is 0.263 e. The molecule has 0 saturated carbocycles. The molecule has 0 fully saturated rings. The van der Waals surface area contributed by atoms with E-state index in [9.17, 15) is 9.59 Å². The van der Waals surface area contributed by atoms with Crippen LogP contribution in [0.2, 0.25) is 0 Å². The first-order chi connectivity index (χ1) is 11.9. The number of nitrogens with one attached hydrogen (secondary N) is 1. The molecular formula is C19H20N2O2S2. The Hall–Kier alpha value is -2.05. The summed E-state index contributed by atoms with van der Waals surface area (Å²) in [5, 5.41) is 0.596. The number of fused-ring (bicyclic) bond motifs is 1. The SMILES string of the molecule is CCc1cc2c(=O)n(CC(=O)c3ccc(C(C)C)cc3)c(=S)[nH]c2s1. The summed E-state index contributed by atoms with van der Waals surface area (Å²) in [5.74, 6) is 0.288. The first-order valence-electron chi connectivity index (χ1n) is 8.29. The van der Waals surface area contributed by atoms with E-state index < -0.39 is 0 Å². The summed E-state index contributed by atoms with van der Waals surface area (Å²) in [5.41, 5.74) is 1.56. The Morgan fingerprint density at radius 2 is 1.96 bits per heavy atom. The van der Waals surface area contributed by atoms with Gasteiger partial charge < -0.3 is 4.98 Å². The number of hydrogen-bond donors (Lipinski definition) is 1. The summed E-state index contributed by atoms with van der Waals surface area (Å²) in [7, 11) is 0. The highest BCUT2D eigenvalue weighted by Crippen LogP contribution is 2.21. The highest BCUT2D eigenvalue weighted by Gasteiger charge is 2.13. The first kappa shape index (κ1) is 17.8. The molecule has 0 atom stereocenters. The van der Waals surface area contributed by atoms with E-state index in [2.05, 4.69) is 18.8 Å². The number of nitrogens with zero attached hydrogens (tertiary/aromatic N) is 1. The number of carbonyl (C=O) groups excluding carboxylic acids is 1. The second kappa shape index (κ2) is 7.06. The van der Waals surface area contributed by atoms with Gasteiger partial charge in [-0.15, -0.1) is 11.3 Å². The Bertz CT molecular complexity index is 1040. The highest BCUT2D eigenvalue weighted by molar-refractivity contribution is 7.71. The van der Waals surface area contributed by atoms with Gasteiger partial charge in [-0.1, -0.05) is 45.0 Å². The maximum absolute atomic E-state index is 12.7. The molecule has 0 aliphatic heterocycles. The van der Waals surface area contributed by atoms with Crippen LogP contribution in [0.1, 0.15) is 47.5 Å². The summed E-state index contributed by atoms with van der Waals surface area (Å²) < 4.78 is 1.64. The number of aromatic amines is 1. The molecule has 25 heavy (non-hydrogen) atoms. The average Bonchev–Trinajstić information content (AvgIpc) is 3.01. The van der Waals surface area contributed by atoms with Gasteiger partial charge in [-0.25, -0.2) is 0 Å². The number of ketones is 1. The molecule has 0 amide bonds. The largest absolute Gasteiger partial charge is 0.323 e. The molecule has 2 aromatic heterocycles. The molecule has 1 N–H and O–H groups in total. The van der Waals surface area contributed by atoms with Crippen LogP contribution in [-0.2, 0) is 13.0 Å². The topological polar surface area (TPSA) is 54.9 Å². The Morgan fingerprint density at radius 3 is 2.56 bits per heavy atom. The van der Waals surface area contributed by atoms with Crippen molar-refractivity contribution in [2.24, 2.45) is 0 Å². The van der Waals surface area contributed by atoms with Crippen LogP contribution in [0.25, 0.3) is 10.2 Å². The number of hydrogen-bond acceptors (Lipinski definition) is 4. The van der Waals surface area contributed by atoms with Gasteiger partial charge in [0, 0.05) is 10.4 Å². The zero-order valence-electron chi connectivity index (χ0n) is 14.5. The molecule has 0 bridgehead atoms. The monoisotopic (exact) mass is 372 g/mol. The van der Waals surface area contributed by atoms with Crippen molar-refractivity contribution in [3.8, 4) is 0 Å². The van der Waals surface area contributed by atoms with Crippen LogP contribution in [0.4, 0.5) is 0 Å². The number of aryl methyl sites for hydroxylation is 1. The van der Waals surface area contributed by atoms with Crippen molar-refractivity contribution in [1.82, 2.24) is 9.55 Å². The van der Waals surface area contributed by atoms with Crippen molar-refractivity contribution >= 4 is 39.6 Å². The molecule has 0 spiro atoms. The summed E-state index contributed by atoms with van der Waals surface area (Å²) >= 11 is 6.83. The van der Waals surface area contributed by atoms with Crippen molar-refractivity contribution in [2.75, 3.05) is 0 Å². The number of aromatic nitrogens is 2. The van der Waals surface area contributed by atoms with Gasteiger partial charge in [0.25, 0.3) is 5.56 Å². The van der Waals surface area contributed by atoms with E-state index in [-0.39, 0.29) is 22.7 Å². The minimum atomic E-state index is -0.207. The minimum absolute atomic E-state index is 0.0531. The quantitative estimate of drug-likeness (QED) is 0.522. The van der Waals surface area contributed by atoms with Crippen molar-refractivity contribution < 1.29 is 4.79 Å². The van der Waals surface area contributed by atoms with E-state index in [0.29, 0.717) is 16.9 Å². The molecular weight excluding hydrogens is 352 g/mol. The molecule has 3 aromatic rings. The van der Waals surface area contributed by atoms with E-state index in [1.807, 2.05) is 37.3 Å². The average molecular weight is 373 g/mol. The normalized spacial score (nSPS) is 11.4. The lowest BCUT2D eigenvalue weighted by atomic mass is 10.0. The van der Waals surface area contributed by atoms with Crippen LogP contribution in [0, 0.1) is 4.77 Å². The Labute approximate surface area is 155 Å². The molecule has 0 saturated heterocycles. The second-order valence-corrected chi connectivity index (χ2v) is 7.85. The number of thiophene rings is 1. The number of H-pyrrole nitrogens is 1. The third-order valence-corrected chi connectivity index (χ3v) is 5.79. The molecule has 130 valence electrons. The molecule has 0 unspecified atom stereocenters. The van der Waals surface area contributed by atoms with Crippen LogP contribution in [0.5, 0.6) is 0 Å². The van der Waals surface area contributed by atoms with E-state index in [0.717, 1.165) is 16.1 Å². The van der Waals surface area contributed by atoms with E-state index in [1.54, 1.807) is 0 Å². The standard InChI is InChI=1S/C19H20N2O2S2/c1-4-14-9-15-17(25-14)20-19(24)21(18(15)23)10-16(22)13-7-5-12(6-8-13)11(2)3/h5-9,11H,4,10H2,1-3H3,(H,20,24). The van der Waals surface area contributed by atoms with Crippen molar-refractivity contribution in [3.05, 3.63) is 61.5 Å². The smallest absolute Gasteiger partial charge is 0.263 e. The molecule has 6 heteroatoms. The van der Waals surface area contributed by atoms with E-state index in [4.69, 9.17) is 12.2 Å². The number of benzene rings is 1. The Morgan fingerprint density at radius 1 is 1.28 bits per heavy atom. The lowest BCUT2D eigenvalue weighted by Crippen LogP contribution is -2.25. The number of rotatable bonds is 5. The molecule has 4 nitrogen and oxygen atoms in total. The fourth-order valence-electron chi connectivity index (χ4n) is 2.70. The number of carbonyl (C=O) groups is 1. The third-order valence-electron chi connectivity index (χ3n) is 4.27. The van der Waals surface area contributed by atoms with Crippen LogP contribution >= 0.6 is 23.6 Å². The molecule has 1 aromatic carbocycles. The van der Waals surface area contributed by atoms with Crippen LogP contribution in [0.15, 0.2) is 35.1 Å². The summed E-state index contributed by atoms with van der Waals surface area (Å²) in [4.78, 5) is 30.3. The summed E-state index contributed by atoms with van der Waals surface area (Å²) in [6.45, 7) is 6.21. The van der Waals surface area contributed by atoms with Gasteiger partial charge in [0.2, 0.25) is 0 Å². The third kappa shape index (κ3) is 3.50. The fourth-order valence-corrected chi connectivity index (χ4v) is 4.00. The molecule has 3 rings (SSSR count). The zero-order valence-corrected chi connectivity index (χ0v) is 16.1. The molecule has 0 radical (unpaired) electrons. The number of Topliss-reactive ketones (excluding diaryl/α,β-unsaturated/α-hetero) is 1. The van der Waals surface area contributed by atoms with Gasteiger partial charge in [-0.05, 0) is 36.2 Å². The van der Waals surface area contributed by atoms with Gasteiger partial charge in [0.1, 0.15) is 4.83 Å². The van der Waals surface area contributed by atoms with Gasteiger partial charge >= 0.3 is 0 Å². The first-order valence-corrected chi connectivity index (χ1v) is 9.52. The maximum atomic E-state index is 12.7. The Kier molecular flexibility index (Phi) is 5.01. The van der Waals surface area contributed by atoms with E-state index >= 15 is 0 Å². The predicted octanol–water partition coefficient (Wildman–Crippen LogP) is 4.69. The summed E-state index contributed by atoms with van der Waals surface area (Å²) in [6.07, 6.45) is 0.862. The van der Waals surface area contributed by atoms with Gasteiger partial charge in [-0.3, -0.25) is 14.2 Å². The highest BCUT2D eigenvalue weighted by atomic mass is 32.1. The zero-order chi connectivity index (χ0) is 18.1. The molecule has 0 aliphatic rings. The fraction of sp³-hybridized carbons (Fsp3) is 0.316. The molecule has 2 heterocycles. The van der Waals surface area contributed by atoms with Crippen molar-refractivity contribution in [2.45, 2.75) is 39.7 Å². The van der Waals surface area contributed by atoms with E-state index in [1.165, 1.54) is 21.5 Å². The minimum Gasteiger partial charge on any atom is -0.323 e. The molecule has 0 aliphatic carbocycles. The lowest BCUT2D eigenvalue weighted by molar-refractivity contribution is 0.0970. The van der Waals surface area contributed by atoms with Gasteiger partial charge in [0.15, 0.2) is 10.6 Å². The van der Waals surface area contributed by atoms with Crippen molar-refractivity contribution in [3.63, 3.8) is 0 Å². The van der Waals surface area contributed by atoms with Crippen LogP contribution < -0.4 is 5.56 Å². The lowest BCUT2D eigenvalue weighted by Gasteiger charge is -2.08. The van der Waals surface area contributed by atoms with Crippen molar-refractivity contribution in [1.29, 1.82) is 0 Å². The Balaban J connectivity index is 1.95. The van der Waals surface area contributed by atoms with Crippen LogP contribution in [-0.4, -0.2) is 15.3 Å². The van der Waals surface area contributed by atoms with Gasteiger partial charge in [-0.2, -0.15) is 0 Å². The second-order valence-electron chi connectivity index (χ2n) is 6.33. The van der Waals surface area contributed by atoms with Gasteiger partial charge in [0.05, 0.1) is 11.9 Å². The predicted molar refractivity (Wildman–Crippen MR) is 106 cm³/mol.